The summed E-state index contributed by atoms with van der Waals surface area (Å²) >= 11 is 0. The van der Waals surface area contributed by atoms with Gasteiger partial charge in [0.1, 0.15) is 0 Å². The van der Waals surface area contributed by atoms with Crippen LogP contribution in [0.15, 0.2) is 31.0 Å². The van der Waals surface area contributed by atoms with Crippen LogP contribution in [0.5, 0.6) is 0 Å². The Balaban J connectivity index is 2.29. The van der Waals surface area contributed by atoms with Gasteiger partial charge in [0.05, 0.1) is 6.10 Å². The van der Waals surface area contributed by atoms with Gasteiger partial charge in [0, 0.05) is 11.9 Å². The van der Waals surface area contributed by atoms with E-state index in [4.69, 9.17) is 0 Å². The molecule has 1 aromatic heterocycles. The first-order valence-corrected chi connectivity index (χ1v) is 5.95. The van der Waals surface area contributed by atoms with Gasteiger partial charge in [-0.3, -0.25) is 4.98 Å². The van der Waals surface area contributed by atoms with Gasteiger partial charge in [-0.05, 0) is 43.9 Å². The second-order valence-corrected chi connectivity index (χ2v) is 4.17. The van der Waals surface area contributed by atoms with Crippen molar-refractivity contribution in [2.75, 3.05) is 0 Å². The highest BCUT2D eigenvalue weighted by atomic mass is 16.3. The predicted octanol–water partition coefficient (Wildman–Crippen LogP) is 3.56. The van der Waals surface area contributed by atoms with E-state index < -0.39 is 0 Å². The molecule has 0 aliphatic rings. The Morgan fingerprint density at radius 3 is 2.94 bits per heavy atom. The minimum absolute atomic E-state index is 0.342. The first kappa shape index (κ1) is 12.9. The van der Waals surface area contributed by atoms with Gasteiger partial charge in [-0.2, -0.15) is 0 Å². The zero-order chi connectivity index (χ0) is 11.8. The summed E-state index contributed by atoms with van der Waals surface area (Å²) in [5, 5.41) is 9.95. The number of unbranched alkanes of at least 4 members (excludes halogenated alkanes) is 3. The molecule has 88 valence electrons. The lowest BCUT2D eigenvalue weighted by molar-refractivity contribution is 0.163. The van der Waals surface area contributed by atoms with E-state index in [1.807, 2.05) is 25.1 Å². The van der Waals surface area contributed by atoms with Crippen LogP contribution in [-0.4, -0.2) is 10.1 Å². The molecule has 0 radical (unpaired) electrons. The molecule has 1 rings (SSSR count). The van der Waals surface area contributed by atoms with Crippen molar-refractivity contribution in [2.45, 2.75) is 45.1 Å². The van der Waals surface area contributed by atoms with Crippen LogP contribution in [0.1, 0.15) is 49.5 Å². The van der Waals surface area contributed by atoms with Crippen molar-refractivity contribution >= 4 is 0 Å². The highest BCUT2D eigenvalue weighted by Gasteiger charge is 2.06. The van der Waals surface area contributed by atoms with E-state index in [0.29, 0.717) is 0 Å². The SMILES string of the molecule is C=CCCCCCC(O)c1ccnc(C)c1. The molecular formula is C14H21NO. The number of aliphatic hydroxyl groups excluding tert-OH is 1. The van der Waals surface area contributed by atoms with Crippen LogP contribution >= 0.6 is 0 Å². The molecule has 1 unspecified atom stereocenters. The van der Waals surface area contributed by atoms with Crippen molar-refractivity contribution in [3.63, 3.8) is 0 Å². The topological polar surface area (TPSA) is 33.1 Å². The Morgan fingerprint density at radius 2 is 2.25 bits per heavy atom. The van der Waals surface area contributed by atoms with E-state index in [1.165, 1.54) is 6.42 Å². The van der Waals surface area contributed by atoms with Gasteiger partial charge in [0.15, 0.2) is 0 Å². The van der Waals surface area contributed by atoms with E-state index in [0.717, 1.165) is 36.9 Å². The number of pyridine rings is 1. The molecular weight excluding hydrogens is 198 g/mol. The van der Waals surface area contributed by atoms with E-state index in [2.05, 4.69) is 11.6 Å². The van der Waals surface area contributed by atoms with Crippen LogP contribution in [0.3, 0.4) is 0 Å². The lowest BCUT2D eigenvalue weighted by Crippen LogP contribution is -1.98. The molecule has 1 N–H and O–H groups in total. The predicted molar refractivity (Wildman–Crippen MR) is 67.2 cm³/mol. The van der Waals surface area contributed by atoms with Crippen LogP contribution in [0, 0.1) is 6.92 Å². The average Bonchev–Trinajstić information content (AvgIpc) is 2.28. The fraction of sp³-hybridized carbons (Fsp3) is 0.500. The van der Waals surface area contributed by atoms with Gasteiger partial charge in [-0.1, -0.05) is 18.9 Å². The minimum atomic E-state index is -0.342. The van der Waals surface area contributed by atoms with Crippen molar-refractivity contribution in [3.05, 3.63) is 42.2 Å². The molecule has 16 heavy (non-hydrogen) atoms. The number of hydrogen-bond acceptors (Lipinski definition) is 2. The van der Waals surface area contributed by atoms with Crippen LogP contribution in [0.4, 0.5) is 0 Å². The molecule has 0 bridgehead atoms. The highest BCUT2D eigenvalue weighted by Crippen LogP contribution is 2.19. The van der Waals surface area contributed by atoms with Gasteiger partial charge in [0.2, 0.25) is 0 Å². The lowest BCUT2D eigenvalue weighted by atomic mass is 10.0. The Kier molecular flexibility index (Phi) is 5.79. The molecule has 2 nitrogen and oxygen atoms in total. The Bertz CT molecular complexity index is 322. The highest BCUT2D eigenvalue weighted by molar-refractivity contribution is 5.17. The summed E-state index contributed by atoms with van der Waals surface area (Å²) in [4.78, 5) is 4.12. The largest absolute Gasteiger partial charge is 0.388 e. The maximum absolute atomic E-state index is 9.95. The Labute approximate surface area is 98.0 Å². The second-order valence-electron chi connectivity index (χ2n) is 4.17. The number of hydrogen-bond donors (Lipinski definition) is 1. The average molecular weight is 219 g/mol. The summed E-state index contributed by atoms with van der Waals surface area (Å²) in [6, 6.07) is 3.84. The molecule has 0 aliphatic carbocycles. The second kappa shape index (κ2) is 7.18. The molecule has 0 spiro atoms. The van der Waals surface area contributed by atoms with Crippen LogP contribution in [0.25, 0.3) is 0 Å². The molecule has 0 fully saturated rings. The maximum atomic E-state index is 9.95. The zero-order valence-electron chi connectivity index (χ0n) is 10.0. The Hall–Kier alpha value is -1.15. The molecule has 0 aliphatic heterocycles. The number of aliphatic hydroxyl groups is 1. The molecule has 0 saturated carbocycles. The number of allylic oxidation sites excluding steroid dienone is 1. The minimum Gasteiger partial charge on any atom is -0.388 e. The molecule has 1 heterocycles. The molecule has 1 atom stereocenters. The standard InChI is InChI=1S/C14H21NO/c1-3-4-5-6-7-8-14(16)13-9-10-15-12(2)11-13/h3,9-11,14,16H,1,4-8H2,2H3. The monoisotopic (exact) mass is 219 g/mol. The molecule has 0 aromatic carbocycles. The van der Waals surface area contributed by atoms with Gasteiger partial charge >= 0.3 is 0 Å². The van der Waals surface area contributed by atoms with E-state index in [-0.39, 0.29) is 6.10 Å². The summed E-state index contributed by atoms with van der Waals surface area (Å²) in [6.07, 6.45) is 8.67. The zero-order valence-corrected chi connectivity index (χ0v) is 10.0. The van der Waals surface area contributed by atoms with Gasteiger partial charge in [0.25, 0.3) is 0 Å². The fourth-order valence-corrected chi connectivity index (χ4v) is 1.74. The fourth-order valence-electron chi connectivity index (χ4n) is 1.74. The maximum Gasteiger partial charge on any atom is 0.0791 e. The van der Waals surface area contributed by atoms with Crippen molar-refractivity contribution in [3.8, 4) is 0 Å². The molecule has 1 aromatic rings. The van der Waals surface area contributed by atoms with Gasteiger partial charge in [-0.25, -0.2) is 0 Å². The van der Waals surface area contributed by atoms with Gasteiger partial charge < -0.3 is 5.11 Å². The number of nitrogens with zero attached hydrogens (tertiary/aromatic N) is 1. The van der Waals surface area contributed by atoms with E-state index in [9.17, 15) is 5.11 Å². The smallest absolute Gasteiger partial charge is 0.0791 e. The van der Waals surface area contributed by atoms with E-state index in [1.54, 1.807) is 6.20 Å². The third-order valence-corrected chi connectivity index (χ3v) is 2.69. The van der Waals surface area contributed by atoms with Crippen LogP contribution < -0.4 is 0 Å². The first-order valence-electron chi connectivity index (χ1n) is 5.95. The van der Waals surface area contributed by atoms with Crippen LogP contribution in [-0.2, 0) is 0 Å². The molecule has 0 saturated heterocycles. The number of aryl methyl sites for hydroxylation is 1. The summed E-state index contributed by atoms with van der Waals surface area (Å²) < 4.78 is 0. The van der Waals surface area contributed by atoms with Crippen LogP contribution in [0.2, 0.25) is 0 Å². The third kappa shape index (κ3) is 4.58. The third-order valence-electron chi connectivity index (χ3n) is 2.69. The van der Waals surface area contributed by atoms with Crippen molar-refractivity contribution < 1.29 is 5.11 Å². The number of aromatic nitrogens is 1. The van der Waals surface area contributed by atoms with Crippen molar-refractivity contribution in [2.24, 2.45) is 0 Å². The first-order chi connectivity index (χ1) is 7.74. The van der Waals surface area contributed by atoms with Crippen molar-refractivity contribution in [1.29, 1.82) is 0 Å². The van der Waals surface area contributed by atoms with Crippen molar-refractivity contribution in [1.82, 2.24) is 4.98 Å². The summed E-state index contributed by atoms with van der Waals surface area (Å²) in [5.41, 5.74) is 1.94. The molecule has 2 heteroatoms. The Morgan fingerprint density at radius 1 is 1.44 bits per heavy atom. The summed E-state index contributed by atoms with van der Waals surface area (Å²) in [6.45, 7) is 5.64. The quantitative estimate of drug-likeness (QED) is 0.562. The van der Waals surface area contributed by atoms with Gasteiger partial charge in [-0.15, -0.1) is 6.58 Å². The summed E-state index contributed by atoms with van der Waals surface area (Å²) in [7, 11) is 0. The van der Waals surface area contributed by atoms with E-state index >= 15 is 0 Å². The molecule has 0 amide bonds. The normalized spacial score (nSPS) is 12.4. The lowest BCUT2D eigenvalue weighted by Gasteiger charge is -2.10. The number of rotatable bonds is 7. The summed E-state index contributed by atoms with van der Waals surface area (Å²) in [5.74, 6) is 0.